The van der Waals surface area contributed by atoms with Crippen molar-refractivity contribution in [2.45, 2.75) is 13.5 Å². The quantitative estimate of drug-likeness (QED) is 0.721. The van der Waals surface area contributed by atoms with Gasteiger partial charge in [-0.3, -0.25) is 5.41 Å². The highest BCUT2D eigenvalue weighted by molar-refractivity contribution is 6.10. The molecule has 1 aromatic carbocycles. The third-order valence-electron chi connectivity index (χ3n) is 3.01. The van der Waals surface area contributed by atoms with Gasteiger partial charge in [0.05, 0.1) is 0 Å². The van der Waals surface area contributed by atoms with E-state index >= 15 is 0 Å². The Morgan fingerprint density at radius 2 is 2.12 bits per heavy atom. The number of nitrogens with zero attached hydrogens (tertiary/aromatic N) is 2. The average Bonchev–Trinajstić information content (AvgIpc) is 2.46. The van der Waals surface area contributed by atoms with Gasteiger partial charge < -0.3 is 4.90 Å². The summed E-state index contributed by atoms with van der Waals surface area (Å²) in [7, 11) is 0. The molecule has 2 heterocycles. The SMILES string of the molecule is CC1=CC2=NC(=N)c3ccccc3CN2C=C1. The van der Waals surface area contributed by atoms with Gasteiger partial charge in [0.25, 0.3) is 0 Å². The molecule has 0 atom stereocenters. The molecule has 0 fully saturated rings. The summed E-state index contributed by atoms with van der Waals surface area (Å²) < 4.78 is 0. The van der Waals surface area contributed by atoms with E-state index in [-0.39, 0.29) is 0 Å². The molecule has 17 heavy (non-hydrogen) atoms. The highest BCUT2D eigenvalue weighted by Gasteiger charge is 2.19. The van der Waals surface area contributed by atoms with E-state index in [1.807, 2.05) is 37.4 Å². The van der Waals surface area contributed by atoms with Gasteiger partial charge in [-0.05, 0) is 30.2 Å². The van der Waals surface area contributed by atoms with Gasteiger partial charge in [0, 0.05) is 18.3 Å². The van der Waals surface area contributed by atoms with Gasteiger partial charge in [0.15, 0.2) is 5.84 Å². The predicted octanol–water partition coefficient (Wildman–Crippen LogP) is 2.70. The van der Waals surface area contributed by atoms with Crippen LogP contribution < -0.4 is 0 Å². The standard InChI is InChI=1S/C14H13N3/c1-10-6-7-17-9-11-4-2-3-5-12(11)14(15)16-13(17)8-10/h2-8,15H,9H2,1H3. The largest absolute Gasteiger partial charge is 0.328 e. The van der Waals surface area contributed by atoms with E-state index in [0.717, 1.165) is 23.5 Å². The molecule has 0 radical (unpaired) electrons. The van der Waals surface area contributed by atoms with Crippen molar-refractivity contribution >= 4 is 11.7 Å². The van der Waals surface area contributed by atoms with Crippen molar-refractivity contribution in [3.8, 4) is 0 Å². The van der Waals surface area contributed by atoms with Crippen LogP contribution in [0.2, 0.25) is 0 Å². The van der Waals surface area contributed by atoms with Crippen LogP contribution in [-0.2, 0) is 6.54 Å². The number of nitrogens with one attached hydrogen (secondary N) is 1. The molecule has 0 spiro atoms. The lowest BCUT2D eigenvalue weighted by Crippen LogP contribution is -2.25. The molecule has 1 N–H and O–H groups in total. The van der Waals surface area contributed by atoms with Crippen molar-refractivity contribution in [3.05, 3.63) is 59.3 Å². The minimum Gasteiger partial charge on any atom is -0.328 e. The Morgan fingerprint density at radius 1 is 1.29 bits per heavy atom. The molecule has 0 bridgehead atoms. The maximum Gasteiger partial charge on any atom is 0.154 e. The molecule has 0 aliphatic carbocycles. The van der Waals surface area contributed by atoms with Crippen LogP contribution in [0.25, 0.3) is 0 Å². The summed E-state index contributed by atoms with van der Waals surface area (Å²) in [6.45, 7) is 2.82. The Balaban J connectivity index is 2.12. The van der Waals surface area contributed by atoms with E-state index in [1.165, 1.54) is 5.57 Å². The Hall–Kier alpha value is -2.16. The lowest BCUT2D eigenvalue weighted by molar-refractivity contribution is 0.554. The second-order valence-electron chi connectivity index (χ2n) is 4.31. The lowest BCUT2D eigenvalue weighted by Gasteiger charge is -2.22. The summed E-state index contributed by atoms with van der Waals surface area (Å²) in [6.07, 6.45) is 6.11. The number of amidine groups is 2. The number of hydrogen-bond donors (Lipinski definition) is 1. The van der Waals surface area contributed by atoms with E-state index in [1.54, 1.807) is 0 Å². The second-order valence-corrected chi connectivity index (χ2v) is 4.31. The molecule has 0 saturated heterocycles. The zero-order valence-electron chi connectivity index (χ0n) is 9.64. The van der Waals surface area contributed by atoms with E-state index in [0.29, 0.717) is 5.84 Å². The van der Waals surface area contributed by atoms with Crippen LogP contribution in [-0.4, -0.2) is 16.6 Å². The van der Waals surface area contributed by atoms with Crippen molar-refractivity contribution in [2.24, 2.45) is 4.99 Å². The molecule has 2 aliphatic rings. The highest BCUT2D eigenvalue weighted by atomic mass is 15.2. The minimum atomic E-state index is 0.345. The molecular formula is C14H13N3. The first-order chi connectivity index (χ1) is 8.24. The molecule has 0 unspecified atom stereocenters. The average molecular weight is 223 g/mol. The number of aliphatic imine (C=N–C) groups is 1. The fourth-order valence-corrected chi connectivity index (χ4v) is 2.10. The summed E-state index contributed by atoms with van der Waals surface area (Å²) in [6, 6.07) is 7.97. The van der Waals surface area contributed by atoms with Gasteiger partial charge >= 0.3 is 0 Å². The predicted molar refractivity (Wildman–Crippen MR) is 69.1 cm³/mol. The van der Waals surface area contributed by atoms with Crippen LogP contribution in [0.5, 0.6) is 0 Å². The van der Waals surface area contributed by atoms with Crippen LogP contribution >= 0.6 is 0 Å². The lowest BCUT2D eigenvalue weighted by atomic mass is 10.1. The molecule has 84 valence electrons. The number of fused-ring (bicyclic) bond motifs is 2. The molecule has 3 heteroatoms. The number of hydrogen-bond acceptors (Lipinski definition) is 2. The van der Waals surface area contributed by atoms with Gasteiger partial charge in [-0.15, -0.1) is 0 Å². The zero-order chi connectivity index (χ0) is 11.8. The zero-order valence-corrected chi connectivity index (χ0v) is 9.64. The third kappa shape index (κ3) is 1.69. The highest BCUT2D eigenvalue weighted by Crippen LogP contribution is 2.20. The fraction of sp³-hybridized carbons (Fsp3) is 0.143. The van der Waals surface area contributed by atoms with Crippen molar-refractivity contribution in [1.29, 1.82) is 5.41 Å². The number of allylic oxidation sites excluding steroid dienone is 2. The van der Waals surface area contributed by atoms with Gasteiger partial charge in [0.1, 0.15) is 5.84 Å². The van der Waals surface area contributed by atoms with Crippen LogP contribution in [0.15, 0.2) is 53.2 Å². The molecule has 0 saturated carbocycles. The molecule has 3 nitrogen and oxygen atoms in total. The Morgan fingerprint density at radius 3 is 3.00 bits per heavy atom. The molecule has 2 aliphatic heterocycles. The third-order valence-corrected chi connectivity index (χ3v) is 3.01. The van der Waals surface area contributed by atoms with Crippen LogP contribution in [0.4, 0.5) is 0 Å². The number of benzene rings is 1. The molecule has 3 rings (SSSR count). The van der Waals surface area contributed by atoms with Crippen LogP contribution in [0.3, 0.4) is 0 Å². The summed E-state index contributed by atoms with van der Waals surface area (Å²) >= 11 is 0. The van der Waals surface area contributed by atoms with E-state index < -0.39 is 0 Å². The Labute approximate surface area is 100 Å². The summed E-state index contributed by atoms with van der Waals surface area (Å²) in [5.74, 6) is 1.20. The maximum absolute atomic E-state index is 8.03. The van der Waals surface area contributed by atoms with Gasteiger partial charge in [-0.2, -0.15) is 0 Å². The molecular weight excluding hydrogens is 210 g/mol. The first kappa shape index (κ1) is 10.0. The van der Waals surface area contributed by atoms with Crippen LogP contribution in [0, 0.1) is 5.41 Å². The first-order valence-electron chi connectivity index (χ1n) is 5.63. The summed E-state index contributed by atoms with van der Waals surface area (Å²) in [5, 5.41) is 8.03. The Kier molecular flexibility index (Phi) is 2.18. The summed E-state index contributed by atoms with van der Waals surface area (Å²) in [4.78, 5) is 6.46. The van der Waals surface area contributed by atoms with E-state index in [9.17, 15) is 0 Å². The van der Waals surface area contributed by atoms with Crippen LogP contribution in [0.1, 0.15) is 18.1 Å². The van der Waals surface area contributed by atoms with Gasteiger partial charge in [-0.1, -0.05) is 24.3 Å². The van der Waals surface area contributed by atoms with Crippen molar-refractivity contribution in [3.63, 3.8) is 0 Å². The fourth-order valence-electron chi connectivity index (χ4n) is 2.10. The van der Waals surface area contributed by atoms with Crippen molar-refractivity contribution < 1.29 is 0 Å². The topological polar surface area (TPSA) is 39.5 Å². The minimum absolute atomic E-state index is 0.345. The van der Waals surface area contributed by atoms with Gasteiger partial charge in [0.2, 0.25) is 0 Å². The Bertz CT molecular complexity index is 579. The number of rotatable bonds is 0. The van der Waals surface area contributed by atoms with E-state index in [4.69, 9.17) is 5.41 Å². The monoisotopic (exact) mass is 223 g/mol. The summed E-state index contributed by atoms with van der Waals surface area (Å²) in [5.41, 5.74) is 3.24. The smallest absolute Gasteiger partial charge is 0.154 e. The van der Waals surface area contributed by atoms with Crippen molar-refractivity contribution in [2.75, 3.05) is 0 Å². The maximum atomic E-state index is 8.03. The van der Waals surface area contributed by atoms with E-state index in [2.05, 4.69) is 22.0 Å². The van der Waals surface area contributed by atoms with Gasteiger partial charge in [-0.25, -0.2) is 4.99 Å². The normalized spacial score (nSPS) is 17.9. The molecule has 0 aromatic heterocycles. The molecule has 1 aromatic rings. The second kappa shape index (κ2) is 3.70. The van der Waals surface area contributed by atoms with Crippen molar-refractivity contribution in [1.82, 2.24) is 4.90 Å². The molecule has 0 amide bonds. The first-order valence-corrected chi connectivity index (χ1v) is 5.63.